The molecule has 24 heavy (non-hydrogen) atoms. The molecule has 0 spiro atoms. The molecule has 1 aromatic heterocycles. The van der Waals surface area contributed by atoms with E-state index in [0.29, 0.717) is 0 Å². The van der Waals surface area contributed by atoms with Crippen molar-refractivity contribution in [3.8, 4) is 0 Å². The van der Waals surface area contributed by atoms with Crippen molar-refractivity contribution in [3.05, 3.63) is 83.2 Å². The normalized spacial score (nSPS) is 10.9. The van der Waals surface area contributed by atoms with Crippen LogP contribution < -0.4 is 0 Å². The molecular weight excluding hydrogens is 294 g/mol. The van der Waals surface area contributed by atoms with Crippen molar-refractivity contribution >= 4 is 0 Å². The summed E-state index contributed by atoms with van der Waals surface area (Å²) in [6, 6.07) is 19.4. The van der Waals surface area contributed by atoms with E-state index in [-0.39, 0.29) is 0 Å². The average molecular weight is 319 g/mol. The SMILES string of the molecule is CCCCc1ccc(CCc2cn(Cc3ccccc3)nn2)cc1. The zero-order chi connectivity index (χ0) is 16.6. The standard InChI is InChI=1S/C21H25N3/c1-2-3-7-18-10-12-19(13-11-18)14-15-21-17-24(23-22-21)16-20-8-5-4-6-9-20/h4-6,8-13,17H,2-3,7,14-16H2,1H3. The van der Waals surface area contributed by atoms with E-state index in [0.717, 1.165) is 25.1 Å². The molecule has 0 radical (unpaired) electrons. The average Bonchev–Trinajstić information content (AvgIpc) is 3.07. The van der Waals surface area contributed by atoms with Crippen molar-refractivity contribution in [2.75, 3.05) is 0 Å². The van der Waals surface area contributed by atoms with Crippen molar-refractivity contribution in [1.82, 2.24) is 15.0 Å². The molecule has 0 fully saturated rings. The van der Waals surface area contributed by atoms with E-state index < -0.39 is 0 Å². The van der Waals surface area contributed by atoms with Crippen LogP contribution in [0.2, 0.25) is 0 Å². The number of hydrogen-bond donors (Lipinski definition) is 0. The fourth-order valence-electron chi connectivity index (χ4n) is 2.83. The molecule has 3 nitrogen and oxygen atoms in total. The summed E-state index contributed by atoms with van der Waals surface area (Å²) in [6.45, 7) is 3.01. The summed E-state index contributed by atoms with van der Waals surface area (Å²) in [5.41, 5.74) is 5.11. The van der Waals surface area contributed by atoms with Gasteiger partial charge in [-0.3, -0.25) is 0 Å². The smallest absolute Gasteiger partial charge is 0.0830 e. The van der Waals surface area contributed by atoms with Crippen molar-refractivity contribution in [1.29, 1.82) is 0 Å². The van der Waals surface area contributed by atoms with Crippen LogP contribution in [0.15, 0.2) is 60.8 Å². The summed E-state index contributed by atoms with van der Waals surface area (Å²) >= 11 is 0. The second-order valence-corrected chi connectivity index (χ2v) is 6.31. The molecule has 3 rings (SSSR count). The number of rotatable bonds is 8. The van der Waals surface area contributed by atoms with Crippen LogP contribution in [0.4, 0.5) is 0 Å². The summed E-state index contributed by atoms with van der Waals surface area (Å²) in [5, 5.41) is 8.54. The van der Waals surface area contributed by atoms with Gasteiger partial charge in [0.05, 0.1) is 12.2 Å². The Balaban J connectivity index is 1.51. The van der Waals surface area contributed by atoms with Gasteiger partial charge in [-0.25, -0.2) is 4.68 Å². The van der Waals surface area contributed by atoms with Crippen LogP contribution in [-0.4, -0.2) is 15.0 Å². The quantitative estimate of drug-likeness (QED) is 0.614. The van der Waals surface area contributed by atoms with Gasteiger partial charge in [-0.1, -0.05) is 73.2 Å². The first-order chi connectivity index (χ1) is 11.8. The lowest BCUT2D eigenvalue weighted by Gasteiger charge is -2.03. The largest absolute Gasteiger partial charge is 0.248 e. The molecule has 0 bridgehead atoms. The molecule has 124 valence electrons. The highest BCUT2D eigenvalue weighted by atomic mass is 15.4. The maximum absolute atomic E-state index is 4.30. The van der Waals surface area contributed by atoms with Gasteiger partial charge in [-0.15, -0.1) is 5.10 Å². The van der Waals surface area contributed by atoms with E-state index in [1.807, 2.05) is 10.7 Å². The van der Waals surface area contributed by atoms with Gasteiger partial charge in [-0.2, -0.15) is 0 Å². The molecule has 1 heterocycles. The molecule has 0 unspecified atom stereocenters. The zero-order valence-corrected chi connectivity index (χ0v) is 14.4. The Kier molecular flexibility index (Phi) is 5.78. The molecule has 0 aliphatic carbocycles. The highest BCUT2D eigenvalue weighted by Gasteiger charge is 2.03. The minimum absolute atomic E-state index is 0.778. The summed E-state index contributed by atoms with van der Waals surface area (Å²) in [5.74, 6) is 0. The van der Waals surface area contributed by atoms with Crippen LogP contribution in [0.25, 0.3) is 0 Å². The molecule has 0 atom stereocenters. The Morgan fingerprint density at radius 1 is 0.792 bits per heavy atom. The van der Waals surface area contributed by atoms with Gasteiger partial charge in [0.15, 0.2) is 0 Å². The highest BCUT2D eigenvalue weighted by Crippen LogP contribution is 2.10. The molecule has 0 N–H and O–H groups in total. The molecule has 0 saturated carbocycles. The van der Waals surface area contributed by atoms with Crippen LogP contribution in [0.3, 0.4) is 0 Å². The van der Waals surface area contributed by atoms with Crippen LogP contribution in [-0.2, 0) is 25.8 Å². The maximum atomic E-state index is 4.30. The number of nitrogens with zero attached hydrogens (tertiary/aromatic N) is 3. The van der Waals surface area contributed by atoms with Crippen LogP contribution in [0.1, 0.15) is 42.1 Å². The Morgan fingerprint density at radius 3 is 2.21 bits per heavy atom. The lowest BCUT2D eigenvalue weighted by molar-refractivity contribution is 0.649. The van der Waals surface area contributed by atoms with E-state index in [4.69, 9.17) is 0 Å². The minimum atomic E-state index is 0.778. The number of unbranched alkanes of at least 4 members (excludes halogenated alkanes) is 1. The molecule has 3 aromatic rings. The topological polar surface area (TPSA) is 30.7 Å². The van der Waals surface area contributed by atoms with Gasteiger partial charge in [0.1, 0.15) is 0 Å². The Morgan fingerprint density at radius 2 is 1.50 bits per heavy atom. The third-order valence-corrected chi connectivity index (χ3v) is 4.29. The Bertz CT molecular complexity index is 729. The zero-order valence-electron chi connectivity index (χ0n) is 14.4. The molecule has 0 aliphatic heterocycles. The third-order valence-electron chi connectivity index (χ3n) is 4.29. The van der Waals surface area contributed by atoms with Gasteiger partial charge in [0.25, 0.3) is 0 Å². The van der Waals surface area contributed by atoms with Crippen molar-refractivity contribution < 1.29 is 0 Å². The molecule has 2 aromatic carbocycles. The van der Waals surface area contributed by atoms with Crippen LogP contribution >= 0.6 is 0 Å². The van der Waals surface area contributed by atoms with Gasteiger partial charge >= 0.3 is 0 Å². The Hall–Kier alpha value is -2.42. The van der Waals surface area contributed by atoms with Crippen LogP contribution in [0.5, 0.6) is 0 Å². The molecule has 0 saturated heterocycles. The number of aryl methyl sites for hydroxylation is 3. The summed E-state index contributed by atoms with van der Waals surface area (Å²) < 4.78 is 1.92. The first kappa shape index (κ1) is 16.4. The van der Waals surface area contributed by atoms with E-state index in [2.05, 4.69) is 72.0 Å². The van der Waals surface area contributed by atoms with Gasteiger partial charge < -0.3 is 0 Å². The van der Waals surface area contributed by atoms with Gasteiger partial charge in [-0.05, 0) is 42.4 Å². The summed E-state index contributed by atoms with van der Waals surface area (Å²) in [6.07, 6.45) is 7.71. The Labute approximate surface area is 144 Å². The fraction of sp³-hybridized carbons (Fsp3) is 0.333. The second-order valence-electron chi connectivity index (χ2n) is 6.31. The predicted molar refractivity (Wildman–Crippen MR) is 98.0 cm³/mol. The number of benzene rings is 2. The molecular formula is C21H25N3. The van der Waals surface area contributed by atoms with Gasteiger partial charge in [0, 0.05) is 6.20 Å². The number of aromatic nitrogens is 3. The van der Waals surface area contributed by atoms with Crippen molar-refractivity contribution in [2.24, 2.45) is 0 Å². The van der Waals surface area contributed by atoms with Crippen molar-refractivity contribution in [2.45, 2.75) is 45.6 Å². The number of hydrogen-bond acceptors (Lipinski definition) is 2. The van der Waals surface area contributed by atoms with E-state index in [1.165, 1.54) is 36.0 Å². The predicted octanol–water partition coefficient (Wildman–Crippen LogP) is 4.45. The monoisotopic (exact) mass is 319 g/mol. The lowest BCUT2D eigenvalue weighted by atomic mass is 10.0. The maximum Gasteiger partial charge on any atom is 0.0830 e. The van der Waals surface area contributed by atoms with E-state index in [9.17, 15) is 0 Å². The third kappa shape index (κ3) is 4.79. The molecule has 0 aliphatic rings. The minimum Gasteiger partial charge on any atom is -0.248 e. The van der Waals surface area contributed by atoms with Crippen LogP contribution in [0, 0.1) is 0 Å². The lowest BCUT2D eigenvalue weighted by Crippen LogP contribution is -1.99. The van der Waals surface area contributed by atoms with Gasteiger partial charge in [0.2, 0.25) is 0 Å². The summed E-state index contributed by atoms with van der Waals surface area (Å²) in [4.78, 5) is 0. The van der Waals surface area contributed by atoms with Crippen molar-refractivity contribution in [3.63, 3.8) is 0 Å². The van der Waals surface area contributed by atoms with E-state index >= 15 is 0 Å². The fourth-order valence-corrected chi connectivity index (χ4v) is 2.83. The highest BCUT2D eigenvalue weighted by molar-refractivity contribution is 5.23. The van der Waals surface area contributed by atoms with E-state index in [1.54, 1.807) is 0 Å². The molecule has 0 amide bonds. The first-order valence-electron chi connectivity index (χ1n) is 8.84. The summed E-state index contributed by atoms with van der Waals surface area (Å²) in [7, 11) is 0. The molecule has 3 heteroatoms. The first-order valence-corrected chi connectivity index (χ1v) is 8.84. The second kappa shape index (κ2) is 8.44.